The monoisotopic (exact) mass is 140 g/mol. The summed E-state index contributed by atoms with van der Waals surface area (Å²) < 4.78 is 0. The Hall–Kier alpha value is -0.330. The van der Waals surface area contributed by atoms with E-state index in [0.29, 0.717) is 5.92 Å². The van der Waals surface area contributed by atoms with E-state index in [0.717, 1.165) is 12.7 Å². The molecular weight excluding hydrogens is 124 g/mol. The van der Waals surface area contributed by atoms with Gasteiger partial charge < -0.3 is 4.79 Å². The summed E-state index contributed by atoms with van der Waals surface area (Å²) in [7, 11) is 0. The van der Waals surface area contributed by atoms with Crippen molar-refractivity contribution in [3.8, 4) is 0 Å². The number of carbonyl (C=O) groups is 1. The minimum atomic E-state index is 0.00694. The normalized spacial score (nSPS) is 36.1. The molecule has 1 rings (SSSR count). The summed E-state index contributed by atoms with van der Waals surface area (Å²) in [6.45, 7) is 8.59. The predicted molar refractivity (Wildman–Crippen MR) is 41.7 cm³/mol. The van der Waals surface area contributed by atoms with Gasteiger partial charge in [0.2, 0.25) is 0 Å². The maximum Gasteiger partial charge on any atom is 0.126 e. The Bertz CT molecular complexity index is 158. The lowest BCUT2D eigenvalue weighted by Crippen LogP contribution is -2.17. The molecule has 1 nitrogen and oxygen atoms in total. The van der Waals surface area contributed by atoms with Gasteiger partial charge in [-0.25, -0.2) is 0 Å². The zero-order chi connectivity index (χ0) is 7.99. The number of hydrogen-bond donors (Lipinski definition) is 0. The second-order valence-corrected chi connectivity index (χ2v) is 4.37. The molecule has 1 heteroatoms. The molecule has 0 heterocycles. The topological polar surface area (TPSA) is 17.1 Å². The van der Waals surface area contributed by atoms with Gasteiger partial charge >= 0.3 is 0 Å². The number of hydrogen-bond acceptors (Lipinski definition) is 1. The van der Waals surface area contributed by atoms with Gasteiger partial charge in [0.05, 0.1) is 0 Å². The van der Waals surface area contributed by atoms with Gasteiger partial charge in [-0.1, -0.05) is 27.7 Å². The Morgan fingerprint density at radius 2 is 1.80 bits per heavy atom. The molecule has 0 aromatic carbocycles. The van der Waals surface area contributed by atoms with Gasteiger partial charge in [-0.2, -0.15) is 0 Å². The second-order valence-electron chi connectivity index (χ2n) is 4.37. The van der Waals surface area contributed by atoms with Crippen molar-refractivity contribution in [2.45, 2.75) is 34.1 Å². The van der Waals surface area contributed by atoms with Crippen molar-refractivity contribution in [3.05, 3.63) is 0 Å². The van der Waals surface area contributed by atoms with Gasteiger partial charge in [0.25, 0.3) is 0 Å². The molecule has 0 bridgehead atoms. The van der Waals surface area contributed by atoms with Crippen LogP contribution in [0.4, 0.5) is 0 Å². The van der Waals surface area contributed by atoms with Crippen LogP contribution in [0.25, 0.3) is 0 Å². The molecule has 1 fully saturated rings. The molecule has 0 saturated heterocycles. The molecule has 10 heavy (non-hydrogen) atoms. The lowest BCUT2D eigenvalue weighted by Gasteiger charge is -2.16. The van der Waals surface area contributed by atoms with Crippen molar-refractivity contribution in [1.82, 2.24) is 0 Å². The second kappa shape index (κ2) is 1.84. The first-order chi connectivity index (χ1) is 4.46. The molecule has 0 N–H and O–H groups in total. The molecule has 1 saturated carbocycles. The van der Waals surface area contributed by atoms with E-state index < -0.39 is 0 Å². The number of rotatable bonds is 2. The fraction of sp³-hybridized carbons (Fsp3) is 0.889. The fourth-order valence-electron chi connectivity index (χ4n) is 2.01. The van der Waals surface area contributed by atoms with Gasteiger partial charge in [-0.3, -0.25) is 0 Å². The van der Waals surface area contributed by atoms with E-state index in [1.807, 2.05) is 0 Å². The maximum atomic E-state index is 10.7. The zero-order valence-corrected chi connectivity index (χ0v) is 7.27. The third-order valence-corrected chi connectivity index (χ3v) is 3.11. The summed E-state index contributed by atoms with van der Waals surface area (Å²) in [5.74, 6) is 0.500. The minimum Gasteiger partial charge on any atom is -0.303 e. The van der Waals surface area contributed by atoms with Crippen LogP contribution in [-0.4, -0.2) is 6.29 Å². The van der Waals surface area contributed by atoms with Crippen LogP contribution in [0, 0.1) is 16.7 Å². The lowest BCUT2D eigenvalue weighted by molar-refractivity contribution is -0.114. The maximum absolute atomic E-state index is 10.7. The molecular formula is C9H16O. The predicted octanol–water partition coefficient (Wildman–Crippen LogP) is 2.26. The average Bonchev–Trinajstić information content (AvgIpc) is 2.35. The Morgan fingerprint density at radius 3 is 1.80 bits per heavy atom. The first kappa shape index (κ1) is 7.77. The summed E-state index contributed by atoms with van der Waals surface area (Å²) in [4.78, 5) is 10.7. The van der Waals surface area contributed by atoms with Crippen LogP contribution >= 0.6 is 0 Å². The van der Waals surface area contributed by atoms with Gasteiger partial charge in [0.1, 0.15) is 6.29 Å². The van der Waals surface area contributed by atoms with E-state index in [1.54, 1.807) is 0 Å². The van der Waals surface area contributed by atoms with Crippen molar-refractivity contribution < 1.29 is 4.79 Å². The van der Waals surface area contributed by atoms with E-state index >= 15 is 0 Å². The van der Waals surface area contributed by atoms with E-state index in [1.165, 1.54) is 0 Å². The van der Waals surface area contributed by atoms with Crippen LogP contribution < -0.4 is 0 Å². The smallest absolute Gasteiger partial charge is 0.126 e. The minimum absolute atomic E-state index is 0.00694. The molecule has 0 amide bonds. The molecule has 58 valence electrons. The molecule has 1 aliphatic rings. The standard InChI is InChI=1S/C9H16O/c1-7(2)9(6-10)5-8(9,3)4/h6-7H,5H2,1-4H3. The largest absolute Gasteiger partial charge is 0.303 e. The summed E-state index contributed by atoms with van der Waals surface area (Å²) in [6, 6.07) is 0. The Morgan fingerprint density at radius 1 is 1.40 bits per heavy atom. The van der Waals surface area contributed by atoms with Crippen molar-refractivity contribution in [1.29, 1.82) is 0 Å². The third kappa shape index (κ3) is 0.727. The SMILES string of the molecule is CC(C)C1(C=O)CC1(C)C. The zero-order valence-electron chi connectivity index (χ0n) is 7.27. The Balaban J connectivity index is 2.78. The Labute approximate surface area is 62.8 Å². The summed E-state index contributed by atoms with van der Waals surface area (Å²) in [6.07, 6.45) is 2.22. The van der Waals surface area contributed by atoms with E-state index in [9.17, 15) is 4.79 Å². The number of aldehydes is 1. The average molecular weight is 140 g/mol. The van der Waals surface area contributed by atoms with Gasteiger partial charge in [0, 0.05) is 5.41 Å². The lowest BCUT2D eigenvalue weighted by atomic mass is 9.86. The van der Waals surface area contributed by atoms with Crippen molar-refractivity contribution in [2.24, 2.45) is 16.7 Å². The highest BCUT2D eigenvalue weighted by Crippen LogP contribution is 2.65. The first-order valence-electron chi connectivity index (χ1n) is 3.92. The summed E-state index contributed by atoms with van der Waals surface area (Å²) >= 11 is 0. The molecule has 0 radical (unpaired) electrons. The molecule has 0 spiro atoms. The van der Waals surface area contributed by atoms with Crippen LogP contribution in [0.15, 0.2) is 0 Å². The van der Waals surface area contributed by atoms with E-state index in [2.05, 4.69) is 27.7 Å². The van der Waals surface area contributed by atoms with E-state index in [4.69, 9.17) is 0 Å². The quantitative estimate of drug-likeness (QED) is 0.538. The van der Waals surface area contributed by atoms with Crippen LogP contribution in [0.5, 0.6) is 0 Å². The van der Waals surface area contributed by atoms with Gasteiger partial charge in [-0.15, -0.1) is 0 Å². The summed E-state index contributed by atoms with van der Waals surface area (Å²) in [5, 5.41) is 0. The molecule has 0 aromatic heterocycles. The molecule has 1 atom stereocenters. The van der Waals surface area contributed by atoms with Gasteiger partial charge in [0.15, 0.2) is 0 Å². The molecule has 0 aliphatic heterocycles. The van der Waals surface area contributed by atoms with E-state index in [-0.39, 0.29) is 10.8 Å². The first-order valence-corrected chi connectivity index (χ1v) is 3.92. The van der Waals surface area contributed by atoms with Crippen molar-refractivity contribution in [2.75, 3.05) is 0 Å². The van der Waals surface area contributed by atoms with Gasteiger partial charge in [-0.05, 0) is 17.8 Å². The highest BCUT2D eigenvalue weighted by Gasteiger charge is 2.62. The Kier molecular flexibility index (Phi) is 1.43. The molecule has 1 unspecified atom stereocenters. The number of carbonyl (C=O) groups excluding carboxylic acids is 1. The van der Waals surface area contributed by atoms with Crippen molar-refractivity contribution in [3.63, 3.8) is 0 Å². The van der Waals surface area contributed by atoms with Crippen LogP contribution in [0.2, 0.25) is 0 Å². The van der Waals surface area contributed by atoms with Crippen LogP contribution in [0.1, 0.15) is 34.1 Å². The summed E-state index contributed by atoms with van der Waals surface area (Å²) in [5.41, 5.74) is 0.274. The highest BCUT2D eigenvalue weighted by molar-refractivity contribution is 5.66. The van der Waals surface area contributed by atoms with Crippen molar-refractivity contribution >= 4 is 6.29 Å². The molecule has 0 aromatic rings. The molecule has 1 aliphatic carbocycles. The highest BCUT2D eigenvalue weighted by atomic mass is 16.1. The third-order valence-electron chi connectivity index (χ3n) is 3.11. The van der Waals surface area contributed by atoms with Crippen LogP contribution in [-0.2, 0) is 4.79 Å². The fourth-order valence-corrected chi connectivity index (χ4v) is 2.01. The van der Waals surface area contributed by atoms with Crippen LogP contribution in [0.3, 0.4) is 0 Å².